The molecule has 1 aliphatic rings. The highest BCUT2D eigenvalue weighted by molar-refractivity contribution is 8.15. The number of nitrogens with zero attached hydrogens (tertiary/aromatic N) is 1. The van der Waals surface area contributed by atoms with Gasteiger partial charge in [-0.2, -0.15) is 13.2 Å². The van der Waals surface area contributed by atoms with E-state index >= 15 is 0 Å². The Morgan fingerprint density at radius 1 is 1.15 bits per heavy atom. The fraction of sp³-hybridized carbons (Fsp3) is 0.176. The fourth-order valence-electron chi connectivity index (χ4n) is 2.33. The number of amides is 1. The molecule has 3 rings (SSSR count). The van der Waals surface area contributed by atoms with Crippen molar-refractivity contribution in [1.82, 2.24) is 5.32 Å². The van der Waals surface area contributed by atoms with E-state index in [4.69, 9.17) is 11.6 Å². The Bertz CT molecular complexity index is 868. The Hall–Kier alpha value is -2.06. The van der Waals surface area contributed by atoms with Gasteiger partial charge in [-0.3, -0.25) is 4.79 Å². The highest BCUT2D eigenvalue weighted by Crippen LogP contribution is 2.34. The second kappa shape index (κ2) is 7.28. The lowest BCUT2D eigenvalue weighted by molar-refractivity contribution is -0.137. The average molecular weight is 403 g/mol. The summed E-state index contributed by atoms with van der Waals surface area (Å²) >= 11 is 7.07. The molecule has 1 aliphatic heterocycles. The van der Waals surface area contributed by atoms with Gasteiger partial charge >= 0.3 is 6.18 Å². The maximum atomic E-state index is 12.9. The monoisotopic (exact) mass is 402 g/mol. The van der Waals surface area contributed by atoms with Gasteiger partial charge in [-0.25, -0.2) is 9.38 Å². The first-order valence-corrected chi connectivity index (χ1v) is 8.65. The Morgan fingerprint density at radius 2 is 1.85 bits per heavy atom. The molecule has 1 heterocycles. The Morgan fingerprint density at radius 3 is 2.50 bits per heavy atom. The molecule has 1 amide bonds. The van der Waals surface area contributed by atoms with Crippen LogP contribution in [-0.4, -0.2) is 16.3 Å². The van der Waals surface area contributed by atoms with Crippen molar-refractivity contribution in [3.05, 3.63) is 64.4 Å². The number of rotatable bonds is 3. The summed E-state index contributed by atoms with van der Waals surface area (Å²) in [5, 5.41) is 2.37. The Balaban J connectivity index is 1.77. The molecule has 1 saturated heterocycles. The maximum absolute atomic E-state index is 12.9. The number of thioether (sulfide) groups is 1. The number of alkyl halides is 3. The number of hydrogen-bond acceptors (Lipinski definition) is 3. The SMILES string of the molecule is O=C1NC(=Nc2ccc(F)cc2)SC1Cc1cc(C(F)(F)F)ccc1Cl. The molecule has 9 heteroatoms. The molecule has 0 aromatic heterocycles. The molecule has 1 unspecified atom stereocenters. The predicted octanol–water partition coefficient (Wildman–Crippen LogP) is 4.96. The zero-order chi connectivity index (χ0) is 18.9. The fourth-order valence-corrected chi connectivity index (χ4v) is 3.54. The van der Waals surface area contributed by atoms with Gasteiger partial charge in [0.25, 0.3) is 0 Å². The third-order valence-corrected chi connectivity index (χ3v) is 5.06. The summed E-state index contributed by atoms with van der Waals surface area (Å²) in [5.41, 5.74) is -0.135. The minimum absolute atomic E-state index is 0.0295. The normalized spacial score (nSPS) is 19.0. The molecule has 2 aromatic rings. The molecule has 0 saturated carbocycles. The van der Waals surface area contributed by atoms with E-state index in [1.54, 1.807) is 0 Å². The number of carbonyl (C=O) groups excluding carboxylic acids is 1. The van der Waals surface area contributed by atoms with E-state index in [0.717, 1.165) is 23.9 Å². The van der Waals surface area contributed by atoms with Crippen molar-refractivity contribution in [1.29, 1.82) is 0 Å². The third kappa shape index (κ3) is 4.37. The van der Waals surface area contributed by atoms with Gasteiger partial charge in [-0.15, -0.1) is 0 Å². The maximum Gasteiger partial charge on any atom is 0.416 e. The van der Waals surface area contributed by atoms with Crippen molar-refractivity contribution < 1.29 is 22.4 Å². The van der Waals surface area contributed by atoms with Crippen molar-refractivity contribution in [2.45, 2.75) is 17.8 Å². The second-order valence-electron chi connectivity index (χ2n) is 5.50. The van der Waals surface area contributed by atoms with Crippen molar-refractivity contribution >= 4 is 40.1 Å². The summed E-state index contributed by atoms with van der Waals surface area (Å²) in [6.45, 7) is 0. The summed E-state index contributed by atoms with van der Waals surface area (Å²) in [4.78, 5) is 16.3. The number of amidine groups is 1. The first kappa shape index (κ1) is 18.7. The van der Waals surface area contributed by atoms with E-state index in [9.17, 15) is 22.4 Å². The smallest absolute Gasteiger partial charge is 0.304 e. The summed E-state index contributed by atoms with van der Waals surface area (Å²) in [5.74, 6) is -0.779. The molecular formula is C17H11ClF4N2OS. The van der Waals surface area contributed by atoms with Crippen molar-refractivity contribution in [2.24, 2.45) is 4.99 Å². The number of carbonyl (C=O) groups is 1. The van der Waals surface area contributed by atoms with Crippen LogP contribution in [-0.2, 0) is 17.4 Å². The van der Waals surface area contributed by atoms with Gasteiger partial charge in [0.2, 0.25) is 5.91 Å². The first-order valence-electron chi connectivity index (χ1n) is 7.40. The van der Waals surface area contributed by atoms with Crippen LogP contribution >= 0.6 is 23.4 Å². The molecule has 1 N–H and O–H groups in total. The zero-order valence-electron chi connectivity index (χ0n) is 13.0. The summed E-state index contributed by atoms with van der Waals surface area (Å²) in [6.07, 6.45) is -4.46. The van der Waals surface area contributed by atoms with Crippen LogP contribution in [0.5, 0.6) is 0 Å². The highest BCUT2D eigenvalue weighted by Gasteiger charge is 2.33. The lowest BCUT2D eigenvalue weighted by atomic mass is 10.1. The van der Waals surface area contributed by atoms with Crippen LogP contribution < -0.4 is 5.32 Å². The second-order valence-corrected chi connectivity index (χ2v) is 7.10. The molecule has 1 fully saturated rings. The van der Waals surface area contributed by atoms with Gasteiger partial charge in [0.05, 0.1) is 16.5 Å². The zero-order valence-corrected chi connectivity index (χ0v) is 14.6. The van der Waals surface area contributed by atoms with Crippen molar-refractivity contribution in [2.75, 3.05) is 0 Å². The topological polar surface area (TPSA) is 41.5 Å². The lowest BCUT2D eigenvalue weighted by Crippen LogP contribution is -2.26. The lowest BCUT2D eigenvalue weighted by Gasteiger charge is -2.12. The van der Waals surface area contributed by atoms with E-state index in [1.165, 1.54) is 30.3 Å². The molecule has 1 atom stereocenters. The van der Waals surface area contributed by atoms with Crippen LogP contribution in [0, 0.1) is 5.82 Å². The molecule has 3 nitrogen and oxygen atoms in total. The number of benzene rings is 2. The number of hydrogen-bond donors (Lipinski definition) is 1. The van der Waals surface area contributed by atoms with E-state index in [1.807, 2.05) is 0 Å². The van der Waals surface area contributed by atoms with E-state index in [2.05, 4.69) is 10.3 Å². The summed E-state index contributed by atoms with van der Waals surface area (Å²) in [7, 11) is 0. The molecule has 136 valence electrons. The van der Waals surface area contributed by atoms with E-state index in [-0.39, 0.29) is 22.9 Å². The van der Waals surface area contributed by atoms with Crippen LogP contribution in [0.15, 0.2) is 47.5 Å². The van der Waals surface area contributed by atoms with Gasteiger partial charge in [-0.05, 0) is 54.4 Å². The van der Waals surface area contributed by atoms with Crippen LogP contribution in [0.1, 0.15) is 11.1 Å². The van der Waals surface area contributed by atoms with Crippen LogP contribution in [0.25, 0.3) is 0 Å². The molecular weight excluding hydrogens is 392 g/mol. The molecule has 0 radical (unpaired) electrons. The van der Waals surface area contributed by atoms with Gasteiger partial charge < -0.3 is 5.32 Å². The van der Waals surface area contributed by atoms with Gasteiger partial charge in [-0.1, -0.05) is 23.4 Å². The van der Waals surface area contributed by atoms with E-state index < -0.39 is 22.8 Å². The summed E-state index contributed by atoms with van der Waals surface area (Å²) in [6, 6.07) is 8.39. The number of halogens is 5. The van der Waals surface area contributed by atoms with Gasteiger partial charge in [0, 0.05) is 5.02 Å². The molecule has 0 aliphatic carbocycles. The van der Waals surface area contributed by atoms with Gasteiger partial charge in [0.15, 0.2) is 5.17 Å². The molecule has 26 heavy (non-hydrogen) atoms. The predicted molar refractivity (Wildman–Crippen MR) is 93.2 cm³/mol. The van der Waals surface area contributed by atoms with Crippen LogP contribution in [0.2, 0.25) is 5.02 Å². The van der Waals surface area contributed by atoms with Crippen molar-refractivity contribution in [3.8, 4) is 0 Å². The molecule has 2 aromatic carbocycles. The largest absolute Gasteiger partial charge is 0.416 e. The van der Waals surface area contributed by atoms with Gasteiger partial charge in [0.1, 0.15) is 5.82 Å². The average Bonchev–Trinajstić information content (AvgIpc) is 2.90. The Kier molecular flexibility index (Phi) is 5.24. The van der Waals surface area contributed by atoms with E-state index in [0.29, 0.717) is 10.9 Å². The third-order valence-electron chi connectivity index (χ3n) is 3.61. The quantitative estimate of drug-likeness (QED) is 0.737. The van der Waals surface area contributed by atoms with Crippen LogP contribution in [0.3, 0.4) is 0 Å². The van der Waals surface area contributed by atoms with Crippen molar-refractivity contribution in [3.63, 3.8) is 0 Å². The standard InChI is InChI=1S/C17H11ClF4N2OS/c18-13-6-1-10(17(20,21)22)7-9(13)8-14-15(25)24-16(26-14)23-12-4-2-11(19)3-5-12/h1-7,14H,8H2,(H,23,24,25). The minimum atomic E-state index is -4.49. The number of nitrogens with one attached hydrogen (secondary N) is 1. The molecule has 0 spiro atoms. The minimum Gasteiger partial charge on any atom is -0.304 e. The number of aliphatic imine (C=N–C) groups is 1. The summed E-state index contributed by atoms with van der Waals surface area (Å²) < 4.78 is 51.5. The van der Waals surface area contributed by atoms with Crippen LogP contribution in [0.4, 0.5) is 23.2 Å². The molecule has 0 bridgehead atoms. The Labute approximate surface area is 155 Å². The highest BCUT2D eigenvalue weighted by atomic mass is 35.5. The first-order chi connectivity index (χ1) is 12.2.